The van der Waals surface area contributed by atoms with E-state index < -0.39 is 0 Å². The normalized spacial score (nSPS) is 17.6. The highest BCUT2D eigenvalue weighted by atomic mass is 16.4. The molecule has 2 aromatic rings. The van der Waals surface area contributed by atoms with E-state index in [1.165, 1.54) is 37.7 Å². The molecule has 1 aliphatic rings. The van der Waals surface area contributed by atoms with Gasteiger partial charge in [0.2, 0.25) is 0 Å². The van der Waals surface area contributed by atoms with Crippen LogP contribution in [-0.2, 0) is 6.54 Å². The molecule has 0 bridgehead atoms. The maximum Gasteiger partial charge on any atom is 0.419 e. The largest absolute Gasteiger partial charge is 0.419 e. The third kappa shape index (κ3) is 2.77. The van der Waals surface area contributed by atoms with E-state index in [2.05, 4.69) is 11.4 Å². The summed E-state index contributed by atoms with van der Waals surface area (Å²) in [6, 6.07) is 6.50. The fraction of sp³-hybridized carbons (Fsp3) is 0.588. The second-order valence-corrected chi connectivity index (χ2v) is 6.07. The molecule has 21 heavy (non-hydrogen) atoms. The molecule has 0 aliphatic heterocycles. The molecule has 0 amide bonds. The van der Waals surface area contributed by atoms with Crippen LogP contribution in [-0.4, -0.2) is 11.6 Å². The number of aromatic nitrogens is 1. The Bertz CT molecular complexity index is 665. The highest BCUT2D eigenvalue weighted by molar-refractivity contribution is 5.73. The molecule has 1 aliphatic carbocycles. The zero-order valence-electron chi connectivity index (χ0n) is 12.9. The van der Waals surface area contributed by atoms with E-state index in [4.69, 9.17) is 4.42 Å². The van der Waals surface area contributed by atoms with Crippen LogP contribution in [0.25, 0.3) is 11.1 Å². The van der Waals surface area contributed by atoms with E-state index in [9.17, 15) is 4.79 Å². The lowest BCUT2D eigenvalue weighted by Crippen LogP contribution is -2.19. The standard InChI is InChI=1S/C17H24N2O2/c1-3-19-15-9-8-13(11-16(15)21-17(19)20)14(18-2)10-12-6-4-5-7-12/h8-9,11-12,14,18H,3-7,10H2,1-2H3. The van der Waals surface area contributed by atoms with Crippen LogP contribution >= 0.6 is 0 Å². The lowest BCUT2D eigenvalue weighted by molar-refractivity contribution is 0.413. The minimum atomic E-state index is -0.263. The maximum atomic E-state index is 11.8. The van der Waals surface area contributed by atoms with Gasteiger partial charge in [0.1, 0.15) is 0 Å². The SMILES string of the molecule is CCn1c(=O)oc2cc(C(CC3CCCC3)NC)ccc21. The van der Waals surface area contributed by atoms with Crippen molar-refractivity contribution in [3.63, 3.8) is 0 Å². The van der Waals surface area contributed by atoms with E-state index in [1.54, 1.807) is 4.57 Å². The number of benzene rings is 1. The average molecular weight is 288 g/mol. The van der Waals surface area contributed by atoms with Gasteiger partial charge in [-0.15, -0.1) is 0 Å². The van der Waals surface area contributed by atoms with Crippen molar-refractivity contribution in [3.8, 4) is 0 Å². The van der Waals surface area contributed by atoms with Crippen LogP contribution < -0.4 is 11.1 Å². The molecule has 4 heteroatoms. The van der Waals surface area contributed by atoms with Crippen LogP contribution in [0.3, 0.4) is 0 Å². The van der Waals surface area contributed by atoms with Gasteiger partial charge in [0.25, 0.3) is 0 Å². The van der Waals surface area contributed by atoms with Crippen molar-refractivity contribution in [2.24, 2.45) is 5.92 Å². The second-order valence-electron chi connectivity index (χ2n) is 6.07. The molecule has 3 rings (SSSR count). The highest BCUT2D eigenvalue weighted by Gasteiger charge is 2.21. The molecule has 0 spiro atoms. The van der Waals surface area contributed by atoms with Gasteiger partial charge in [-0.1, -0.05) is 31.7 Å². The van der Waals surface area contributed by atoms with Crippen LogP contribution in [0, 0.1) is 5.92 Å². The summed E-state index contributed by atoms with van der Waals surface area (Å²) in [6.45, 7) is 2.60. The smallest absolute Gasteiger partial charge is 0.408 e. The maximum absolute atomic E-state index is 11.8. The van der Waals surface area contributed by atoms with Gasteiger partial charge < -0.3 is 9.73 Å². The molecule has 1 saturated carbocycles. The molecular formula is C17H24N2O2. The minimum absolute atomic E-state index is 0.263. The lowest BCUT2D eigenvalue weighted by Gasteiger charge is -2.20. The summed E-state index contributed by atoms with van der Waals surface area (Å²) in [7, 11) is 2.01. The Morgan fingerprint density at radius 1 is 1.38 bits per heavy atom. The Morgan fingerprint density at radius 3 is 2.81 bits per heavy atom. The molecule has 1 atom stereocenters. The summed E-state index contributed by atoms with van der Waals surface area (Å²) in [5, 5.41) is 3.42. The fourth-order valence-electron chi connectivity index (χ4n) is 3.60. The topological polar surface area (TPSA) is 47.2 Å². The third-order valence-electron chi connectivity index (χ3n) is 4.80. The number of fused-ring (bicyclic) bond motifs is 1. The molecule has 114 valence electrons. The van der Waals surface area contributed by atoms with Gasteiger partial charge in [0, 0.05) is 12.6 Å². The van der Waals surface area contributed by atoms with E-state index >= 15 is 0 Å². The van der Waals surface area contributed by atoms with Gasteiger partial charge in [-0.2, -0.15) is 0 Å². The molecule has 1 fully saturated rings. The number of aryl methyl sites for hydroxylation is 1. The number of hydrogen-bond donors (Lipinski definition) is 1. The van der Waals surface area contributed by atoms with Gasteiger partial charge in [0.15, 0.2) is 5.58 Å². The van der Waals surface area contributed by atoms with Gasteiger partial charge >= 0.3 is 5.76 Å². The first-order valence-corrected chi connectivity index (χ1v) is 8.03. The van der Waals surface area contributed by atoms with Crippen molar-refractivity contribution in [3.05, 3.63) is 34.3 Å². The van der Waals surface area contributed by atoms with Gasteiger partial charge in [-0.25, -0.2) is 4.79 Å². The van der Waals surface area contributed by atoms with Crippen molar-refractivity contribution < 1.29 is 4.42 Å². The quantitative estimate of drug-likeness (QED) is 0.916. The predicted octanol–water partition coefficient (Wildman–Crippen LogP) is 3.46. The van der Waals surface area contributed by atoms with Crippen molar-refractivity contribution in [2.45, 2.75) is 51.6 Å². The molecular weight excluding hydrogens is 264 g/mol. The monoisotopic (exact) mass is 288 g/mol. The van der Waals surface area contributed by atoms with Crippen LogP contribution in [0.5, 0.6) is 0 Å². The Morgan fingerprint density at radius 2 is 2.14 bits per heavy atom. The number of hydrogen-bond acceptors (Lipinski definition) is 3. The van der Waals surface area contributed by atoms with Crippen molar-refractivity contribution in [1.29, 1.82) is 0 Å². The summed E-state index contributed by atoms with van der Waals surface area (Å²) in [5.41, 5.74) is 2.81. The van der Waals surface area contributed by atoms with Crippen LogP contribution in [0.15, 0.2) is 27.4 Å². The van der Waals surface area contributed by atoms with Gasteiger partial charge in [-0.05, 0) is 44.0 Å². The van der Waals surface area contributed by atoms with Crippen LogP contribution in [0.2, 0.25) is 0 Å². The molecule has 0 saturated heterocycles. The molecule has 1 aromatic heterocycles. The molecule has 4 nitrogen and oxygen atoms in total. The van der Waals surface area contributed by atoms with E-state index in [-0.39, 0.29) is 5.76 Å². The number of nitrogens with zero attached hydrogens (tertiary/aromatic N) is 1. The zero-order chi connectivity index (χ0) is 14.8. The summed E-state index contributed by atoms with van der Waals surface area (Å²) in [5.74, 6) is 0.562. The first kappa shape index (κ1) is 14.4. The number of oxazole rings is 1. The minimum Gasteiger partial charge on any atom is -0.408 e. The van der Waals surface area contributed by atoms with Crippen LogP contribution in [0.4, 0.5) is 0 Å². The number of nitrogens with one attached hydrogen (secondary N) is 1. The highest BCUT2D eigenvalue weighted by Crippen LogP contribution is 2.33. The summed E-state index contributed by atoms with van der Waals surface area (Å²) < 4.78 is 7.05. The Balaban J connectivity index is 1.89. The Kier molecular flexibility index (Phi) is 4.15. The van der Waals surface area contributed by atoms with E-state index in [0.29, 0.717) is 18.2 Å². The lowest BCUT2D eigenvalue weighted by atomic mass is 9.93. The van der Waals surface area contributed by atoms with E-state index in [1.807, 2.05) is 26.1 Å². The summed E-state index contributed by atoms with van der Waals surface area (Å²) >= 11 is 0. The second kappa shape index (κ2) is 6.06. The van der Waals surface area contributed by atoms with Crippen molar-refractivity contribution >= 4 is 11.1 Å². The zero-order valence-corrected chi connectivity index (χ0v) is 12.9. The number of rotatable bonds is 5. The molecule has 0 radical (unpaired) electrons. The van der Waals surface area contributed by atoms with Crippen molar-refractivity contribution in [2.75, 3.05) is 7.05 Å². The average Bonchev–Trinajstić information content (AvgIpc) is 3.10. The Hall–Kier alpha value is -1.55. The Labute approximate surface area is 125 Å². The molecule has 1 N–H and O–H groups in total. The van der Waals surface area contributed by atoms with E-state index in [0.717, 1.165) is 11.4 Å². The molecule has 1 unspecified atom stereocenters. The fourth-order valence-corrected chi connectivity index (χ4v) is 3.60. The van der Waals surface area contributed by atoms with Gasteiger partial charge in [-0.3, -0.25) is 4.57 Å². The van der Waals surface area contributed by atoms with Gasteiger partial charge in [0.05, 0.1) is 5.52 Å². The predicted molar refractivity (Wildman–Crippen MR) is 84.5 cm³/mol. The first-order chi connectivity index (χ1) is 10.2. The third-order valence-corrected chi connectivity index (χ3v) is 4.80. The van der Waals surface area contributed by atoms with Crippen LogP contribution in [0.1, 0.15) is 50.6 Å². The molecule has 1 heterocycles. The first-order valence-electron chi connectivity index (χ1n) is 8.03. The summed E-state index contributed by atoms with van der Waals surface area (Å²) in [6.07, 6.45) is 6.60. The summed E-state index contributed by atoms with van der Waals surface area (Å²) in [4.78, 5) is 11.8. The molecule has 1 aromatic carbocycles. The van der Waals surface area contributed by atoms with Crippen molar-refractivity contribution in [1.82, 2.24) is 9.88 Å².